The van der Waals surface area contributed by atoms with E-state index < -0.39 is 21.6 Å². The number of hydrogen-bond acceptors (Lipinski definition) is 6. The first-order valence-electron chi connectivity index (χ1n) is 7.87. The van der Waals surface area contributed by atoms with E-state index in [2.05, 4.69) is 8.92 Å². The molecule has 0 atom stereocenters. The smallest absolute Gasteiger partial charge is 0.466 e. The van der Waals surface area contributed by atoms with Crippen LogP contribution in [0, 0.1) is 0 Å². The fourth-order valence-electron chi connectivity index (χ4n) is 2.46. The summed E-state index contributed by atoms with van der Waals surface area (Å²) >= 11 is 0. The van der Waals surface area contributed by atoms with Gasteiger partial charge in [0.05, 0.1) is 7.11 Å². The molecule has 1 aliphatic heterocycles. The van der Waals surface area contributed by atoms with E-state index in [1.165, 1.54) is 6.08 Å². The lowest BCUT2D eigenvalue weighted by Gasteiger charge is -2.29. The van der Waals surface area contributed by atoms with Gasteiger partial charge in [0.1, 0.15) is 5.76 Å². The minimum Gasteiger partial charge on any atom is -0.466 e. The summed E-state index contributed by atoms with van der Waals surface area (Å²) in [6.07, 6.45) is 2.16. The normalized spacial score (nSPS) is 16.6. The molecule has 0 aromatic heterocycles. The summed E-state index contributed by atoms with van der Waals surface area (Å²) in [5, 5.41) is 0. The third kappa shape index (κ3) is 5.83. The van der Waals surface area contributed by atoms with Crippen molar-refractivity contribution in [2.75, 3.05) is 20.2 Å². The van der Waals surface area contributed by atoms with E-state index in [9.17, 15) is 26.4 Å². The van der Waals surface area contributed by atoms with Crippen LogP contribution in [0.25, 0.3) is 0 Å². The molecule has 0 fully saturated rings. The molecule has 1 aliphatic rings. The number of hydrogen-bond donors (Lipinski definition) is 0. The Morgan fingerprint density at radius 3 is 2.52 bits per heavy atom. The number of ether oxygens (including phenoxy) is 1. The van der Waals surface area contributed by atoms with E-state index in [0.29, 0.717) is 13.1 Å². The van der Waals surface area contributed by atoms with E-state index in [0.717, 1.165) is 18.7 Å². The molecule has 0 saturated carbocycles. The summed E-state index contributed by atoms with van der Waals surface area (Å²) < 4.78 is 69.2. The molecule has 1 heterocycles. The first-order chi connectivity index (χ1) is 12.6. The van der Waals surface area contributed by atoms with Crippen molar-refractivity contribution in [2.24, 2.45) is 0 Å². The van der Waals surface area contributed by atoms with Crippen LogP contribution in [0.3, 0.4) is 0 Å². The Hall–Kier alpha value is -2.33. The van der Waals surface area contributed by atoms with Gasteiger partial charge in [-0.1, -0.05) is 30.3 Å². The van der Waals surface area contributed by atoms with Crippen LogP contribution in [0.5, 0.6) is 0 Å². The molecular formula is C17H18F3NO5S. The monoisotopic (exact) mass is 405 g/mol. The zero-order chi connectivity index (χ0) is 20.1. The molecule has 6 nitrogen and oxygen atoms in total. The Bertz CT molecular complexity index is 832. The van der Waals surface area contributed by atoms with Crippen molar-refractivity contribution in [1.82, 2.24) is 4.90 Å². The topological polar surface area (TPSA) is 72.9 Å². The van der Waals surface area contributed by atoms with E-state index >= 15 is 0 Å². The molecule has 2 rings (SSSR count). The quantitative estimate of drug-likeness (QED) is 0.314. The Morgan fingerprint density at radius 1 is 1.26 bits per heavy atom. The van der Waals surface area contributed by atoms with Gasteiger partial charge in [0, 0.05) is 37.7 Å². The van der Waals surface area contributed by atoms with E-state index in [4.69, 9.17) is 0 Å². The van der Waals surface area contributed by atoms with Gasteiger partial charge < -0.3 is 8.92 Å². The largest absolute Gasteiger partial charge is 0.534 e. The molecule has 0 amide bonds. The third-order valence-electron chi connectivity index (χ3n) is 3.77. The van der Waals surface area contributed by atoms with Crippen LogP contribution < -0.4 is 0 Å². The van der Waals surface area contributed by atoms with Gasteiger partial charge in [-0.2, -0.15) is 21.6 Å². The average molecular weight is 405 g/mol. The molecule has 0 aliphatic carbocycles. The molecular weight excluding hydrogens is 387 g/mol. The standard InChI is InChI=1S/C17H18F3NO5S/c1-25-16(22)8-7-14-12-21(11-13-5-3-2-4-6-13)10-9-15(14)26-27(23,24)17(18,19)20/h2-8H,9-12H2,1H3/b8-7+. The molecule has 10 heteroatoms. The highest BCUT2D eigenvalue weighted by molar-refractivity contribution is 7.87. The number of esters is 1. The number of methoxy groups -OCH3 is 1. The second-order valence-electron chi connectivity index (χ2n) is 5.73. The molecule has 1 aromatic carbocycles. The summed E-state index contributed by atoms with van der Waals surface area (Å²) in [5.74, 6) is -1.06. The van der Waals surface area contributed by atoms with Gasteiger partial charge in [-0.25, -0.2) is 4.79 Å². The van der Waals surface area contributed by atoms with Gasteiger partial charge in [0.25, 0.3) is 0 Å². The Kier molecular flexibility index (Phi) is 6.66. The zero-order valence-electron chi connectivity index (χ0n) is 14.4. The van der Waals surface area contributed by atoms with E-state index in [1.807, 2.05) is 35.2 Å². The molecule has 0 radical (unpaired) electrons. The van der Waals surface area contributed by atoms with Crippen molar-refractivity contribution in [3.05, 3.63) is 59.4 Å². The molecule has 0 saturated heterocycles. The fourth-order valence-corrected chi connectivity index (χ4v) is 3.01. The molecule has 0 unspecified atom stereocenters. The van der Waals surface area contributed by atoms with Crippen LogP contribution in [0.1, 0.15) is 12.0 Å². The minimum absolute atomic E-state index is 0.0526. The number of carbonyl (C=O) groups is 1. The fraction of sp³-hybridized carbons (Fsp3) is 0.353. The van der Waals surface area contributed by atoms with Crippen molar-refractivity contribution in [1.29, 1.82) is 0 Å². The maximum absolute atomic E-state index is 12.6. The van der Waals surface area contributed by atoms with Crippen LogP contribution in [0.4, 0.5) is 13.2 Å². The van der Waals surface area contributed by atoms with Crippen molar-refractivity contribution in [2.45, 2.75) is 18.5 Å². The van der Waals surface area contributed by atoms with Crippen LogP contribution in [0.2, 0.25) is 0 Å². The van der Waals surface area contributed by atoms with Crippen molar-refractivity contribution >= 4 is 16.1 Å². The summed E-state index contributed by atoms with van der Waals surface area (Å²) in [5.41, 5.74) is -4.38. The molecule has 0 spiro atoms. The van der Waals surface area contributed by atoms with Gasteiger partial charge in [-0.05, 0) is 11.6 Å². The summed E-state index contributed by atoms with van der Waals surface area (Å²) in [4.78, 5) is 13.2. The highest BCUT2D eigenvalue weighted by Crippen LogP contribution is 2.30. The van der Waals surface area contributed by atoms with Gasteiger partial charge in [-0.15, -0.1) is 0 Å². The Labute approximate surface area is 155 Å². The van der Waals surface area contributed by atoms with Gasteiger partial charge in [0.15, 0.2) is 0 Å². The molecule has 0 bridgehead atoms. The van der Waals surface area contributed by atoms with Crippen molar-refractivity contribution < 1.29 is 35.3 Å². The van der Waals surface area contributed by atoms with E-state index in [1.54, 1.807) is 0 Å². The van der Waals surface area contributed by atoms with Crippen molar-refractivity contribution in [3.8, 4) is 0 Å². The number of carbonyl (C=O) groups excluding carboxylic acids is 1. The lowest BCUT2D eigenvalue weighted by Crippen LogP contribution is -2.33. The molecule has 0 N–H and O–H groups in total. The second kappa shape index (κ2) is 8.57. The first-order valence-corrected chi connectivity index (χ1v) is 9.28. The Morgan fingerprint density at radius 2 is 1.93 bits per heavy atom. The predicted molar refractivity (Wildman–Crippen MR) is 90.6 cm³/mol. The summed E-state index contributed by atoms with van der Waals surface area (Å²) in [7, 11) is -4.63. The molecule has 1 aromatic rings. The number of benzene rings is 1. The van der Waals surface area contributed by atoms with Crippen molar-refractivity contribution in [3.63, 3.8) is 0 Å². The average Bonchev–Trinajstić information content (AvgIpc) is 2.61. The molecule has 27 heavy (non-hydrogen) atoms. The van der Waals surface area contributed by atoms with Crippen LogP contribution in [0.15, 0.2) is 53.8 Å². The summed E-state index contributed by atoms with van der Waals surface area (Å²) in [6, 6.07) is 9.37. The van der Waals surface area contributed by atoms with Crippen LogP contribution >= 0.6 is 0 Å². The zero-order valence-corrected chi connectivity index (χ0v) is 15.2. The maximum atomic E-state index is 12.6. The highest BCUT2D eigenvalue weighted by Gasteiger charge is 2.49. The summed E-state index contributed by atoms with van der Waals surface area (Å²) in [6.45, 7) is 0.925. The van der Waals surface area contributed by atoms with Gasteiger partial charge in [0.2, 0.25) is 0 Å². The lowest BCUT2D eigenvalue weighted by molar-refractivity contribution is -0.134. The van der Waals surface area contributed by atoms with Gasteiger partial charge in [-0.3, -0.25) is 4.90 Å². The lowest BCUT2D eigenvalue weighted by atomic mass is 10.1. The number of alkyl halides is 3. The third-order valence-corrected chi connectivity index (χ3v) is 4.76. The number of rotatable bonds is 6. The number of halogens is 3. The van der Waals surface area contributed by atoms with E-state index in [-0.39, 0.29) is 24.3 Å². The molecule has 148 valence electrons. The van der Waals surface area contributed by atoms with Crippen LogP contribution in [-0.4, -0.2) is 45.0 Å². The minimum atomic E-state index is -5.78. The SMILES string of the molecule is COC(=O)/C=C/C1=C(OS(=O)(=O)C(F)(F)F)CCN(Cc2ccccc2)C1. The maximum Gasteiger partial charge on any atom is 0.534 e. The predicted octanol–water partition coefficient (Wildman–Crippen LogP) is 2.74. The first kappa shape index (κ1) is 21.0. The Balaban J connectivity index is 2.25. The van der Waals surface area contributed by atoms with Crippen LogP contribution in [-0.2, 0) is 30.4 Å². The number of nitrogens with zero attached hydrogens (tertiary/aromatic N) is 1. The van der Waals surface area contributed by atoms with Gasteiger partial charge >= 0.3 is 21.6 Å². The highest BCUT2D eigenvalue weighted by atomic mass is 32.2. The second-order valence-corrected chi connectivity index (χ2v) is 7.27.